The Balaban J connectivity index is 2.37. The van der Waals surface area contributed by atoms with Crippen LogP contribution in [0.4, 0.5) is 5.69 Å². The minimum absolute atomic E-state index is 0.423. The fourth-order valence-corrected chi connectivity index (χ4v) is 3.42. The number of aliphatic hydroxyl groups is 1. The van der Waals surface area contributed by atoms with Crippen molar-refractivity contribution < 1.29 is 5.11 Å². The Hall–Kier alpha value is -0.540. The van der Waals surface area contributed by atoms with E-state index in [1.807, 2.05) is 6.92 Å². The average Bonchev–Trinajstić information content (AvgIpc) is 2.63. The molecule has 1 saturated heterocycles. The first-order chi connectivity index (χ1) is 9.13. The summed E-state index contributed by atoms with van der Waals surface area (Å²) in [7, 11) is 0. The molecular weight excluding hydrogens is 302 g/mol. The molecule has 1 aliphatic rings. The number of halogens is 1. The fraction of sp³-hybridized carbons (Fsp3) is 0.625. The monoisotopic (exact) mass is 325 g/mol. The topological polar surface area (TPSA) is 23.5 Å². The van der Waals surface area contributed by atoms with Crippen LogP contribution in [-0.2, 0) is 0 Å². The molecule has 2 nitrogen and oxygen atoms in total. The van der Waals surface area contributed by atoms with Crippen LogP contribution in [0.5, 0.6) is 0 Å². The largest absolute Gasteiger partial charge is 0.389 e. The van der Waals surface area contributed by atoms with Crippen molar-refractivity contribution in [3.8, 4) is 0 Å². The summed E-state index contributed by atoms with van der Waals surface area (Å²) in [6.45, 7) is 5.23. The lowest BCUT2D eigenvalue weighted by Crippen LogP contribution is -2.35. The van der Waals surface area contributed by atoms with Gasteiger partial charge in [-0.3, -0.25) is 0 Å². The molecule has 0 amide bonds. The molecule has 0 spiro atoms. The van der Waals surface area contributed by atoms with Gasteiger partial charge in [0.2, 0.25) is 0 Å². The van der Waals surface area contributed by atoms with Gasteiger partial charge in [-0.1, -0.05) is 35.7 Å². The molecule has 0 bridgehead atoms. The summed E-state index contributed by atoms with van der Waals surface area (Å²) in [6.07, 6.45) is 5.93. The second kappa shape index (κ2) is 6.76. The summed E-state index contributed by atoms with van der Waals surface area (Å²) in [5.41, 5.74) is 2.25. The van der Waals surface area contributed by atoms with Crippen molar-refractivity contribution in [1.29, 1.82) is 0 Å². The van der Waals surface area contributed by atoms with Gasteiger partial charge >= 0.3 is 0 Å². The van der Waals surface area contributed by atoms with Crippen LogP contribution in [0.25, 0.3) is 0 Å². The minimum atomic E-state index is -0.423. The summed E-state index contributed by atoms with van der Waals surface area (Å²) in [5.74, 6) is 0. The number of rotatable bonds is 3. The molecular formula is C16H24BrNO. The van der Waals surface area contributed by atoms with Gasteiger partial charge in [0.05, 0.1) is 6.10 Å². The smallest absolute Gasteiger partial charge is 0.0782 e. The van der Waals surface area contributed by atoms with Crippen LogP contribution in [0.1, 0.15) is 57.6 Å². The molecule has 106 valence electrons. The van der Waals surface area contributed by atoms with Crippen LogP contribution in [0.15, 0.2) is 22.7 Å². The van der Waals surface area contributed by atoms with E-state index < -0.39 is 6.10 Å². The highest BCUT2D eigenvalue weighted by Crippen LogP contribution is 2.33. The van der Waals surface area contributed by atoms with Crippen LogP contribution >= 0.6 is 15.9 Å². The molecule has 1 fully saturated rings. The third-order valence-corrected chi connectivity index (χ3v) is 4.59. The Kier molecular flexibility index (Phi) is 5.28. The first-order valence-corrected chi connectivity index (χ1v) is 8.17. The molecule has 1 heterocycles. The van der Waals surface area contributed by atoms with Gasteiger partial charge in [0.25, 0.3) is 0 Å². The van der Waals surface area contributed by atoms with Crippen LogP contribution in [-0.4, -0.2) is 17.7 Å². The molecule has 2 atom stereocenters. The molecule has 0 aromatic heterocycles. The van der Waals surface area contributed by atoms with E-state index in [9.17, 15) is 5.11 Å². The lowest BCUT2D eigenvalue weighted by atomic mass is 10.0. The third kappa shape index (κ3) is 3.51. The number of nitrogens with zero attached hydrogens (tertiary/aromatic N) is 1. The second-order valence-corrected chi connectivity index (χ2v) is 6.40. The van der Waals surface area contributed by atoms with Gasteiger partial charge in [0, 0.05) is 28.3 Å². The second-order valence-electron chi connectivity index (χ2n) is 5.48. The first kappa shape index (κ1) is 14.9. The van der Waals surface area contributed by atoms with Crippen molar-refractivity contribution >= 4 is 21.6 Å². The van der Waals surface area contributed by atoms with E-state index in [-0.39, 0.29) is 0 Å². The summed E-state index contributed by atoms with van der Waals surface area (Å²) < 4.78 is 1.04. The highest BCUT2D eigenvalue weighted by Gasteiger charge is 2.23. The van der Waals surface area contributed by atoms with E-state index in [2.05, 4.69) is 46.0 Å². The van der Waals surface area contributed by atoms with E-state index in [1.165, 1.54) is 37.8 Å². The van der Waals surface area contributed by atoms with Crippen molar-refractivity contribution in [2.45, 2.75) is 58.1 Å². The number of hydrogen-bond acceptors (Lipinski definition) is 2. The van der Waals surface area contributed by atoms with Gasteiger partial charge in [-0.2, -0.15) is 0 Å². The van der Waals surface area contributed by atoms with Crippen molar-refractivity contribution in [3.05, 3.63) is 28.2 Å². The maximum atomic E-state index is 10.0. The number of benzene rings is 1. The molecule has 1 N–H and O–H groups in total. The van der Waals surface area contributed by atoms with Crippen molar-refractivity contribution in [2.24, 2.45) is 0 Å². The zero-order chi connectivity index (χ0) is 13.8. The Labute approximate surface area is 124 Å². The molecule has 1 aliphatic heterocycles. The van der Waals surface area contributed by atoms with Gasteiger partial charge in [-0.25, -0.2) is 0 Å². The normalized spacial score (nSPS) is 22.1. The molecule has 1 aromatic rings. The van der Waals surface area contributed by atoms with Gasteiger partial charge in [0.15, 0.2) is 0 Å². The van der Waals surface area contributed by atoms with E-state index in [0.29, 0.717) is 6.04 Å². The molecule has 3 heteroatoms. The molecule has 0 aliphatic carbocycles. The number of hydrogen-bond donors (Lipinski definition) is 1. The Morgan fingerprint density at radius 2 is 2.16 bits per heavy atom. The summed E-state index contributed by atoms with van der Waals surface area (Å²) >= 11 is 3.51. The minimum Gasteiger partial charge on any atom is -0.389 e. The van der Waals surface area contributed by atoms with Crippen LogP contribution in [0, 0.1) is 0 Å². The van der Waals surface area contributed by atoms with Crippen LogP contribution < -0.4 is 4.90 Å². The summed E-state index contributed by atoms with van der Waals surface area (Å²) in [6, 6.07) is 6.90. The van der Waals surface area contributed by atoms with E-state index in [1.54, 1.807) is 0 Å². The van der Waals surface area contributed by atoms with E-state index in [0.717, 1.165) is 16.6 Å². The Morgan fingerprint density at radius 1 is 1.37 bits per heavy atom. The van der Waals surface area contributed by atoms with Gasteiger partial charge < -0.3 is 10.0 Å². The fourth-order valence-electron chi connectivity index (χ4n) is 3.04. The maximum Gasteiger partial charge on any atom is 0.0782 e. The molecule has 0 saturated carbocycles. The molecule has 19 heavy (non-hydrogen) atoms. The van der Waals surface area contributed by atoms with Crippen molar-refractivity contribution in [1.82, 2.24) is 0 Å². The lowest BCUT2D eigenvalue weighted by Gasteiger charge is -2.33. The Morgan fingerprint density at radius 3 is 2.84 bits per heavy atom. The molecule has 2 rings (SSSR count). The average molecular weight is 326 g/mol. The SMILES string of the molecule is CCC1CCCCCN1c1ccc(Br)cc1C(C)O. The Bertz CT molecular complexity index is 419. The van der Waals surface area contributed by atoms with Gasteiger partial charge in [0.1, 0.15) is 0 Å². The quantitative estimate of drug-likeness (QED) is 0.873. The van der Waals surface area contributed by atoms with Gasteiger partial charge in [-0.05, 0) is 44.4 Å². The molecule has 0 radical (unpaired) electrons. The summed E-state index contributed by atoms with van der Waals surface area (Å²) in [4.78, 5) is 2.52. The zero-order valence-electron chi connectivity index (χ0n) is 11.9. The highest BCUT2D eigenvalue weighted by molar-refractivity contribution is 9.10. The molecule has 2 unspecified atom stereocenters. The number of aliphatic hydroxyl groups excluding tert-OH is 1. The maximum absolute atomic E-state index is 10.0. The third-order valence-electron chi connectivity index (χ3n) is 4.10. The van der Waals surface area contributed by atoms with Crippen molar-refractivity contribution in [3.63, 3.8) is 0 Å². The van der Waals surface area contributed by atoms with Crippen LogP contribution in [0.3, 0.4) is 0 Å². The number of anilines is 1. The predicted octanol–water partition coefficient (Wildman–Crippen LogP) is 4.66. The zero-order valence-corrected chi connectivity index (χ0v) is 13.5. The van der Waals surface area contributed by atoms with E-state index in [4.69, 9.17) is 0 Å². The lowest BCUT2D eigenvalue weighted by molar-refractivity contribution is 0.199. The van der Waals surface area contributed by atoms with E-state index >= 15 is 0 Å². The predicted molar refractivity (Wildman–Crippen MR) is 84.7 cm³/mol. The van der Waals surface area contributed by atoms with Crippen LogP contribution in [0.2, 0.25) is 0 Å². The molecule has 1 aromatic carbocycles. The first-order valence-electron chi connectivity index (χ1n) is 7.37. The highest BCUT2D eigenvalue weighted by atomic mass is 79.9. The van der Waals surface area contributed by atoms with Crippen molar-refractivity contribution in [2.75, 3.05) is 11.4 Å². The standard InChI is InChI=1S/C16H24BrNO/c1-3-14-7-5-4-6-10-18(14)16-9-8-13(17)11-15(16)12(2)19/h8-9,11-12,14,19H,3-7,10H2,1-2H3. The van der Waals surface area contributed by atoms with Gasteiger partial charge in [-0.15, -0.1) is 0 Å². The summed E-state index contributed by atoms with van der Waals surface area (Å²) in [5, 5.41) is 10.0.